The number of aromatic nitrogens is 3. The zero-order chi connectivity index (χ0) is 19.2. The Morgan fingerprint density at radius 2 is 1.89 bits per heavy atom. The molecule has 0 atom stereocenters. The van der Waals surface area contributed by atoms with Crippen molar-refractivity contribution in [3.05, 3.63) is 59.4 Å². The summed E-state index contributed by atoms with van der Waals surface area (Å²) in [4.78, 5) is 16.5. The van der Waals surface area contributed by atoms with E-state index in [1.165, 1.54) is 5.56 Å². The van der Waals surface area contributed by atoms with Crippen LogP contribution in [0, 0.1) is 13.8 Å². The molecule has 27 heavy (non-hydrogen) atoms. The van der Waals surface area contributed by atoms with Gasteiger partial charge in [0.15, 0.2) is 5.82 Å². The highest BCUT2D eigenvalue weighted by molar-refractivity contribution is 5.89. The molecule has 2 aromatic carbocycles. The van der Waals surface area contributed by atoms with Gasteiger partial charge in [-0.25, -0.2) is 9.78 Å². The summed E-state index contributed by atoms with van der Waals surface area (Å²) in [6.45, 7) is 4.51. The normalized spacial score (nSPS) is 10.5. The van der Waals surface area contributed by atoms with Crippen LogP contribution in [-0.4, -0.2) is 34.9 Å². The van der Waals surface area contributed by atoms with Crippen LogP contribution in [0.4, 0.5) is 10.5 Å². The Bertz CT molecular complexity index is 918. The van der Waals surface area contributed by atoms with E-state index in [1.807, 2.05) is 56.3 Å². The van der Waals surface area contributed by atoms with Crippen molar-refractivity contribution >= 4 is 11.7 Å². The Morgan fingerprint density at radius 3 is 2.59 bits per heavy atom. The van der Waals surface area contributed by atoms with E-state index in [-0.39, 0.29) is 6.03 Å². The number of H-pyrrole nitrogens is 1. The average molecular weight is 365 g/mol. The molecule has 0 aliphatic carbocycles. The lowest BCUT2D eigenvalue weighted by Gasteiger charge is -2.08. The van der Waals surface area contributed by atoms with Crippen molar-refractivity contribution in [2.75, 3.05) is 19.0 Å². The minimum absolute atomic E-state index is 0.242. The van der Waals surface area contributed by atoms with E-state index in [1.54, 1.807) is 7.11 Å². The Balaban J connectivity index is 1.49. The van der Waals surface area contributed by atoms with Crippen molar-refractivity contribution in [3.8, 4) is 17.1 Å². The first kappa shape index (κ1) is 18.4. The number of amides is 2. The highest BCUT2D eigenvalue weighted by atomic mass is 16.5. The molecule has 0 aliphatic heterocycles. The summed E-state index contributed by atoms with van der Waals surface area (Å²) in [5.74, 6) is 2.12. The second-order valence-corrected chi connectivity index (χ2v) is 6.26. The van der Waals surface area contributed by atoms with Gasteiger partial charge in [-0.1, -0.05) is 6.07 Å². The van der Waals surface area contributed by atoms with Gasteiger partial charge in [-0.2, -0.15) is 5.10 Å². The summed E-state index contributed by atoms with van der Waals surface area (Å²) in [6, 6.07) is 13.1. The highest BCUT2D eigenvalue weighted by Gasteiger charge is 2.07. The lowest BCUT2D eigenvalue weighted by Crippen LogP contribution is -2.30. The monoisotopic (exact) mass is 365 g/mol. The highest BCUT2D eigenvalue weighted by Crippen LogP contribution is 2.19. The number of carbonyl (C=O) groups excluding carboxylic acids is 1. The minimum atomic E-state index is -0.242. The van der Waals surface area contributed by atoms with Gasteiger partial charge in [-0.05, 0) is 61.4 Å². The van der Waals surface area contributed by atoms with E-state index in [4.69, 9.17) is 4.74 Å². The van der Waals surface area contributed by atoms with Crippen molar-refractivity contribution in [3.63, 3.8) is 0 Å². The molecule has 0 bridgehead atoms. The zero-order valence-corrected chi connectivity index (χ0v) is 15.7. The third kappa shape index (κ3) is 4.84. The number of nitrogens with one attached hydrogen (secondary N) is 3. The Labute approximate surface area is 158 Å². The van der Waals surface area contributed by atoms with Crippen molar-refractivity contribution in [1.29, 1.82) is 0 Å². The van der Waals surface area contributed by atoms with Gasteiger partial charge < -0.3 is 15.4 Å². The van der Waals surface area contributed by atoms with Crippen LogP contribution in [0.25, 0.3) is 11.4 Å². The molecular formula is C20H23N5O2. The second-order valence-electron chi connectivity index (χ2n) is 6.26. The fourth-order valence-corrected chi connectivity index (χ4v) is 2.57. The number of rotatable bonds is 6. The number of anilines is 1. The molecule has 1 heterocycles. The topological polar surface area (TPSA) is 91.9 Å². The standard InChI is InChI=1S/C20H23N5O2/c1-13-4-7-16(12-14(13)2)22-20(26)21-11-10-18-23-19(25-24-18)15-5-8-17(27-3)9-6-15/h4-9,12H,10-11H2,1-3H3,(H2,21,22,26)(H,23,24,25). The van der Waals surface area contributed by atoms with E-state index < -0.39 is 0 Å². The quantitative estimate of drug-likeness (QED) is 0.624. The van der Waals surface area contributed by atoms with Crippen molar-refractivity contribution < 1.29 is 9.53 Å². The van der Waals surface area contributed by atoms with Crippen LogP contribution in [0.2, 0.25) is 0 Å². The fourth-order valence-electron chi connectivity index (χ4n) is 2.57. The van der Waals surface area contributed by atoms with Gasteiger partial charge in [-0.15, -0.1) is 0 Å². The minimum Gasteiger partial charge on any atom is -0.497 e. The number of benzene rings is 2. The van der Waals surface area contributed by atoms with Crippen LogP contribution >= 0.6 is 0 Å². The maximum atomic E-state index is 12.0. The summed E-state index contributed by atoms with van der Waals surface area (Å²) in [5, 5.41) is 12.8. The van der Waals surface area contributed by atoms with Gasteiger partial charge in [0.25, 0.3) is 0 Å². The largest absolute Gasteiger partial charge is 0.497 e. The van der Waals surface area contributed by atoms with E-state index in [2.05, 4.69) is 25.8 Å². The summed E-state index contributed by atoms with van der Waals surface area (Å²) in [5.41, 5.74) is 4.01. The van der Waals surface area contributed by atoms with Crippen LogP contribution in [0.5, 0.6) is 5.75 Å². The number of hydrogen-bond donors (Lipinski definition) is 3. The van der Waals surface area contributed by atoms with Gasteiger partial charge in [0, 0.05) is 24.2 Å². The first-order chi connectivity index (χ1) is 13.0. The molecule has 2 amide bonds. The number of aromatic amines is 1. The molecule has 3 aromatic rings. The number of urea groups is 1. The van der Waals surface area contributed by atoms with Gasteiger partial charge >= 0.3 is 6.03 Å². The van der Waals surface area contributed by atoms with Crippen LogP contribution in [0.3, 0.4) is 0 Å². The van der Waals surface area contributed by atoms with Crippen molar-refractivity contribution in [1.82, 2.24) is 20.5 Å². The molecule has 7 nitrogen and oxygen atoms in total. The molecule has 140 valence electrons. The lowest BCUT2D eigenvalue weighted by molar-refractivity contribution is 0.252. The molecule has 0 saturated carbocycles. The fraction of sp³-hybridized carbons (Fsp3) is 0.250. The molecule has 0 aliphatic rings. The van der Waals surface area contributed by atoms with Crippen molar-refractivity contribution in [2.24, 2.45) is 0 Å². The third-order valence-corrected chi connectivity index (χ3v) is 4.29. The van der Waals surface area contributed by atoms with E-state index >= 15 is 0 Å². The molecular weight excluding hydrogens is 342 g/mol. The average Bonchev–Trinajstić information content (AvgIpc) is 3.14. The molecule has 7 heteroatoms. The molecule has 0 unspecified atom stereocenters. The number of aryl methyl sites for hydroxylation is 2. The number of nitrogens with zero attached hydrogens (tertiary/aromatic N) is 2. The molecule has 3 rings (SSSR count). The van der Waals surface area contributed by atoms with Gasteiger partial charge in [0.05, 0.1) is 7.11 Å². The number of carbonyl (C=O) groups is 1. The number of methoxy groups -OCH3 is 1. The van der Waals surface area contributed by atoms with Crippen LogP contribution in [-0.2, 0) is 6.42 Å². The second kappa shape index (κ2) is 8.35. The number of hydrogen-bond acceptors (Lipinski definition) is 4. The molecule has 0 spiro atoms. The maximum Gasteiger partial charge on any atom is 0.319 e. The van der Waals surface area contributed by atoms with Gasteiger partial charge in [0.1, 0.15) is 11.6 Å². The summed E-state index contributed by atoms with van der Waals surface area (Å²) in [7, 11) is 1.63. The molecule has 0 saturated heterocycles. The maximum absolute atomic E-state index is 12.0. The smallest absolute Gasteiger partial charge is 0.319 e. The lowest BCUT2D eigenvalue weighted by atomic mass is 10.1. The molecule has 0 radical (unpaired) electrons. The predicted octanol–water partition coefficient (Wildman–Crippen LogP) is 3.46. The van der Waals surface area contributed by atoms with Gasteiger partial charge in [-0.3, -0.25) is 5.10 Å². The third-order valence-electron chi connectivity index (χ3n) is 4.29. The summed E-state index contributed by atoms with van der Waals surface area (Å²) in [6.07, 6.45) is 0.559. The predicted molar refractivity (Wildman–Crippen MR) is 105 cm³/mol. The Morgan fingerprint density at radius 1 is 1.11 bits per heavy atom. The Hall–Kier alpha value is -3.35. The van der Waals surface area contributed by atoms with E-state index in [0.29, 0.717) is 24.6 Å². The van der Waals surface area contributed by atoms with Crippen LogP contribution in [0.15, 0.2) is 42.5 Å². The molecule has 3 N–H and O–H groups in total. The summed E-state index contributed by atoms with van der Waals surface area (Å²) >= 11 is 0. The van der Waals surface area contributed by atoms with Crippen molar-refractivity contribution in [2.45, 2.75) is 20.3 Å². The molecule has 1 aromatic heterocycles. The zero-order valence-electron chi connectivity index (χ0n) is 15.7. The first-order valence-electron chi connectivity index (χ1n) is 8.73. The summed E-state index contributed by atoms with van der Waals surface area (Å²) < 4.78 is 5.15. The van der Waals surface area contributed by atoms with Crippen LogP contribution in [0.1, 0.15) is 17.0 Å². The molecule has 0 fully saturated rings. The van der Waals surface area contributed by atoms with Gasteiger partial charge in [0.2, 0.25) is 0 Å². The SMILES string of the molecule is COc1ccc(-c2n[nH]c(CCNC(=O)Nc3ccc(C)c(C)c3)n2)cc1. The number of ether oxygens (including phenoxy) is 1. The Kier molecular flexibility index (Phi) is 5.71. The first-order valence-corrected chi connectivity index (χ1v) is 8.73. The van der Waals surface area contributed by atoms with E-state index in [9.17, 15) is 4.79 Å². The van der Waals surface area contributed by atoms with E-state index in [0.717, 1.165) is 22.6 Å². The van der Waals surface area contributed by atoms with Crippen LogP contribution < -0.4 is 15.4 Å².